The number of ether oxygens (including phenoxy) is 3. The summed E-state index contributed by atoms with van der Waals surface area (Å²) in [5.74, 6) is 1.55. The molecule has 6 nitrogen and oxygen atoms in total. The molecule has 0 radical (unpaired) electrons. The Morgan fingerprint density at radius 2 is 1.65 bits per heavy atom. The number of nitrogens with zero attached hydrogens (tertiary/aromatic N) is 3. The molecule has 0 saturated heterocycles. The molecule has 31 heavy (non-hydrogen) atoms. The average molecular weight is 411 g/mol. The van der Waals surface area contributed by atoms with Crippen LogP contribution in [0.25, 0.3) is 33.4 Å². The number of pyridine rings is 2. The molecule has 2 heterocycles. The van der Waals surface area contributed by atoms with Gasteiger partial charge in [-0.1, -0.05) is 30.3 Å². The SMILES string of the molecule is CCOc1nc2nc(-c3ccc(OC)c(OC)c3)ccc2c(-c2ccccc2)c1C#N. The second-order valence-corrected chi connectivity index (χ2v) is 6.72. The minimum Gasteiger partial charge on any atom is -0.493 e. The van der Waals surface area contributed by atoms with Crippen molar-refractivity contribution in [2.45, 2.75) is 6.92 Å². The maximum Gasteiger partial charge on any atom is 0.234 e. The summed E-state index contributed by atoms with van der Waals surface area (Å²) < 4.78 is 16.4. The van der Waals surface area contributed by atoms with Gasteiger partial charge in [-0.2, -0.15) is 10.2 Å². The molecule has 0 N–H and O–H groups in total. The van der Waals surface area contributed by atoms with Crippen LogP contribution in [0.1, 0.15) is 12.5 Å². The molecule has 2 aromatic heterocycles. The number of hydrogen-bond acceptors (Lipinski definition) is 6. The fourth-order valence-electron chi connectivity index (χ4n) is 3.53. The first-order valence-electron chi connectivity index (χ1n) is 9.85. The molecule has 0 fully saturated rings. The largest absolute Gasteiger partial charge is 0.493 e. The van der Waals surface area contributed by atoms with Crippen molar-refractivity contribution in [3.63, 3.8) is 0 Å². The molecule has 0 aliphatic rings. The van der Waals surface area contributed by atoms with Gasteiger partial charge in [-0.15, -0.1) is 0 Å². The normalized spacial score (nSPS) is 10.5. The summed E-state index contributed by atoms with van der Waals surface area (Å²) in [7, 11) is 3.20. The minimum atomic E-state index is 0.285. The van der Waals surface area contributed by atoms with E-state index in [2.05, 4.69) is 11.1 Å². The van der Waals surface area contributed by atoms with Crippen LogP contribution in [0.15, 0.2) is 60.7 Å². The lowest BCUT2D eigenvalue weighted by molar-refractivity contribution is 0.327. The summed E-state index contributed by atoms with van der Waals surface area (Å²) in [5.41, 5.74) is 4.18. The summed E-state index contributed by atoms with van der Waals surface area (Å²) in [6, 6.07) is 21.5. The van der Waals surface area contributed by atoms with Crippen LogP contribution in [0.4, 0.5) is 0 Å². The van der Waals surface area contributed by atoms with Gasteiger partial charge in [0.25, 0.3) is 0 Å². The predicted octanol–water partition coefficient (Wildman–Crippen LogP) is 5.25. The minimum absolute atomic E-state index is 0.285. The zero-order chi connectivity index (χ0) is 21.8. The number of benzene rings is 2. The van der Waals surface area contributed by atoms with E-state index in [9.17, 15) is 5.26 Å². The van der Waals surface area contributed by atoms with Crippen LogP contribution in [0.5, 0.6) is 17.4 Å². The van der Waals surface area contributed by atoms with Crippen LogP contribution in [0.3, 0.4) is 0 Å². The molecule has 0 unspecified atom stereocenters. The number of methoxy groups -OCH3 is 2. The van der Waals surface area contributed by atoms with Gasteiger partial charge in [0, 0.05) is 16.5 Å². The third kappa shape index (κ3) is 3.74. The summed E-state index contributed by atoms with van der Waals surface area (Å²) in [4.78, 5) is 9.36. The third-order valence-electron chi connectivity index (χ3n) is 4.95. The highest BCUT2D eigenvalue weighted by Gasteiger charge is 2.19. The Morgan fingerprint density at radius 3 is 2.32 bits per heavy atom. The van der Waals surface area contributed by atoms with Crippen LogP contribution in [-0.4, -0.2) is 30.8 Å². The summed E-state index contributed by atoms with van der Waals surface area (Å²) in [6.07, 6.45) is 0. The maximum atomic E-state index is 9.87. The first-order chi connectivity index (χ1) is 15.2. The van der Waals surface area contributed by atoms with Gasteiger partial charge in [-0.25, -0.2) is 4.98 Å². The molecule has 0 amide bonds. The van der Waals surface area contributed by atoms with E-state index in [4.69, 9.17) is 19.2 Å². The molecule has 4 aromatic rings. The van der Waals surface area contributed by atoms with Crippen molar-refractivity contribution in [3.05, 3.63) is 66.2 Å². The highest BCUT2D eigenvalue weighted by molar-refractivity contribution is 5.97. The highest BCUT2D eigenvalue weighted by Crippen LogP contribution is 2.37. The van der Waals surface area contributed by atoms with E-state index in [1.54, 1.807) is 14.2 Å². The van der Waals surface area contributed by atoms with Crippen LogP contribution < -0.4 is 14.2 Å². The van der Waals surface area contributed by atoms with E-state index < -0.39 is 0 Å². The summed E-state index contributed by atoms with van der Waals surface area (Å²) >= 11 is 0. The predicted molar refractivity (Wildman–Crippen MR) is 119 cm³/mol. The van der Waals surface area contributed by atoms with Gasteiger partial charge in [0.2, 0.25) is 5.88 Å². The van der Waals surface area contributed by atoms with Crippen molar-refractivity contribution < 1.29 is 14.2 Å². The van der Waals surface area contributed by atoms with E-state index in [0.717, 1.165) is 27.8 Å². The number of fused-ring (bicyclic) bond motifs is 1. The Hall–Kier alpha value is -4.11. The van der Waals surface area contributed by atoms with E-state index in [1.165, 1.54) is 0 Å². The van der Waals surface area contributed by atoms with Gasteiger partial charge in [0.15, 0.2) is 17.1 Å². The Balaban J connectivity index is 1.96. The molecule has 154 valence electrons. The Kier molecular flexibility index (Phi) is 5.67. The Labute approximate surface area is 180 Å². The van der Waals surface area contributed by atoms with Gasteiger partial charge in [-0.3, -0.25) is 0 Å². The maximum absolute atomic E-state index is 9.87. The number of aromatic nitrogens is 2. The topological polar surface area (TPSA) is 77.3 Å². The van der Waals surface area contributed by atoms with Gasteiger partial charge >= 0.3 is 0 Å². The fourth-order valence-corrected chi connectivity index (χ4v) is 3.53. The lowest BCUT2D eigenvalue weighted by Crippen LogP contribution is -2.02. The van der Waals surface area contributed by atoms with Crippen LogP contribution >= 0.6 is 0 Å². The second-order valence-electron chi connectivity index (χ2n) is 6.72. The first kappa shape index (κ1) is 20.2. The van der Waals surface area contributed by atoms with Crippen molar-refractivity contribution in [3.8, 4) is 45.8 Å². The highest BCUT2D eigenvalue weighted by atomic mass is 16.5. The van der Waals surface area contributed by atoms with Gasteiger partial charge < -0.3 is 14.2 Å². The average Bonchev–Trinajstić information content (AvgIpc) is 2.83. The van der Waals surface area contributed by atoms with Crippen molar-refractivity contribution in [2.75, 3.05) is 20.8 Å². The fraction of sp³-hybridized carbons (Fsp3) is 0.160. The van der Waals surface area contributed by atoms with Crippen LogP contribution in [0, 0.1) is 11.3 Å². The molecule has 0 aliphatic carbocycles. The lowest BCUT2D eigenvalue weighted by Gasteiger charge is -2.14. The van der Waals surface area contributed by atoms with Crippen LogP contribution in [-0.2, 0) is 0 Å². The molecular formula is C25H21N3O3. The number of nitriles is 1. The molecule has 4 rings (SSSR count). The first-order valence-corrected chi connectivity index (χ1v) is 9.85. The number of hydrogen-bond donors (Lipinski definition) is 0. The van der Waals surface area contributed by atoms with Crippen molar-refractivity contribution in [1.82, 2.24) is 9.97 Å². The van der Waals surface area contributed by atoms with Gasteiger partial charge in [0.1, 0.15) is 11.6 Å². The Morgan fingerprint density at radius 1 is 0.871 bits per heavy atom. The zero-order valence-electron chi connectivity index (χ0n) is 17.5. The Bertz CT molecular complexity index is 1280. The summed E-state index contributed by atoms with van der Waals surface area (Å²) in [6.45, 7) is 2.26. The van der Waals surface area contributed by atoms with E-state index in [-0.39, 0.29) is 5.88 Å². The molecule has 0 atom stereocenters. The molecule has 0 spiro atoms. The van der Waals surface area contributed by atoms with Crippen molar-refractivity contribution in [1.29, 1.82) is 5.26 Å². The second kappa shape index (κ2) is 8.72. The molecule has 6 heteroatoms. The standard InChI is InChI=1S/C25H21N3O3/c1-4-31-25-19(15-26)23(16-8-6-5-7-9-16)18-11-12-20(27-24(18)28-25)17-10-13-21(29-2)22(14-17)30-3/h5-14H,4H2,1-3H3. The lowest BCUT2D eigenvalue weighted by atomic mass is 9.97. The van der Waals surface area contributed by atoms with E-state index in [0.29, 0.717) is 29.3 Å². The molecule has 2 aromatic carbocycles. The van der Waals surface area contributed by atoms with E-state index in [1.807, 2.05) is 67.6 Å². The van der Waals surface area contributed by atoms with E-state index >= 15 is 0 Å². The monoisotopic (exact) mass is 411 g/mol. The number of rotatable bonds is 6. The molecule has 0 bridgehead atoms. The summed E-state index contributed by atoms with van der Waals surface area (Å²) in [5, 5.41) is 10.7. The zero-order valence-corrected chi connectivity index (χ0v) is 17.5. The molecule has 0 saturated carbocycles. The van der Waals surface area contributed by atoms with Gasteiger partial charge in [-0.05, 0) is 42.8 Å². The van der Waals surface area contributed by atoms with Crippen LogP contribution in [0.2, 0.25) is 0 Å². The smallest absolute Gasteiger partial charge is 0.234 e. The quantitative estimate of drug-likeness (QED) is 0.431. The molecular weight excluding hydrogens is 390 g/mol. The van der Waals surface area contributed by atoms with Gasteiger partial charge in [0.05, 0.1) is 26.5 Å². The third-order valence-corrected chi connectivity index (χ3v) is 4.95. The molecule has 0 aliphatic heterocycles. The van der Waals surface area contributed by atoms with Crippen molar-refractivity contribution in [2.24, 2.45) is 0 Å². The van der Waals surface area contributed by atoms with Crippen molar-refractivity contribution >= 4 is 11.0 Å².